The van der Waals surface area contributed by atoms with Crippen LogP contribution in [0.5, 0.6) is 0 Å². The third kappa shape index (κ3) is 6.44. The standard InChI is InChI=1S/C36H31F2N3O3/c1-36(38)16-17-41(22-36)35(43)26-6-4-24(5-7-26)27-18-28-19-31(14-13-30(42)12-2-23-3-15-33(39)40-21-23)44-34(28)32(20-27)25-8-10-29(37)11-9-25/h2-12,15,18-21H,13-14,16-17,22H2,1H3,(H2,39,40)/b12-2+/t36-/m0/s1. The van der Waals surface area contributed by atoms with Crippen molar-refractivity contribution < 1.29 is 22.8 Å². The van der Waals surface area contributed by atoms with Crippen molar-refractivity contribution in [2.24, 2.45) is 0 Å². The monoisotopic (exact) mass is 591 g/mol. The number of likely N-dealkylation sites (tertiary alicyclic amines) is 1. The number of alkyl halides is 1. The van der Waals surface area contributed by atoms with Crippen molar-refractivity contribution >= 4 is 34.6 Å². The molecule has 2 N–H and O–H groups in total. The minimum Gasteiger partial charge on any atom is -0.460 e. The Morgan fingerprint density at radius 1 is 1.00 bits per heavy atom. The van der Waals surface area contributed by atoms with Crippen molar-refractivity contribution in [1.82, 2.24) is 9.88 Å². The number of ketones is 1. The number of nitrogens with two attached hydrogens (primary N) is 1. The first-order chi connectivity index (χ1) is 21.1. The largest absolute Gasteiger partial charge is 0.460 e. The number of amides is 1. The van der Waals surface area contributed by atoms with Crippen molar-refractivity contribution in [1.29, 1.82) is 0 Å². The number of aryl methyl sites for hydroxylation is 1. The van der Waals surface area contributed by atoms with Crippen LogP contribution < -0.4 is 5.73 Å². The molecule has 0 aliphatic carbocycles. The van der Waals surface area contributed by atoms with Gasteiger partial charge < -0.3 is 15.1 Å². The Morgan fingerprint density at radius 3 is 2.43 bits per heavy atom. The molecule has 1 aliphatic rings. The number of anilines is 1. The maximum atomic E-state index is 14.3. The molecule has 0 spiro atoms. The number of halogens is 2. The lowest BCUT2D eigenvalue weighted by Crippen LogP contribution is -2.31. The molecule has 0 unspecified atom stereocenters. The van der Waals surface area contributed by atoms with Crippen molar-refractivity contribution in [2.75, 3.05) is 18.8 Å². The molecular weight excluding hydrogens is 560 g/mol. The molecular formula is C36H31F2N3O3. The summed E-state index contributed by atoms with van der Waals surface area (Å²) in [4.78, 5) is 31.1. The van der Waals surface area contributed by atoms with E-state index in [-0.39, 0.29) is 30.5 Å². The number of nitrogen functional groups attached to an aromatic ring is 1. The van der Waals surface area contributed by atoms with E-state index in [1.54, 1.807) is 53.6 Å². The van der Waals surface area contributed by atoms with Gasteiger partial charge in [0.15, 0.2) is 5.78 Å². The van der Waals surface area contributed by atoms with E-state index in [0.29, 0.717) is 42.1 Å². The number of carbonyl (C=O) groups is 2. The third-order valence-corrected chi connectivity index (χ3v) is 7.89. The number of aromatic nitrogens is 1. The molecule has 1 fully saturated rings. The number of hydrogen-bond donors (Lipinski definition) is 1. The number of allylic oxidation sites excluding steroid dienone is 1. The van der Waals surface area contributed by atoms with E-state index < -0.39 is 5.67 Å². The smallest absolute Gasteiger partial charge is 0.253 e. The molecule has 5 aromatic rings. The highest BCUT2D eigenvalue weighted by molar-refractivity contribution is 5.98. The summed E-state index contributed by atoms with van der Waals surface area (Å²) >= 11 is 0. The van der Waals surface area contributed by atoms with Crippen LogP contribution in [-0.2, 0) is 11.2 Å². The highest BCUT2D eigenvalue weighted by atomic mass is 19.1. The summed E-state index contributed by atoms with van der Waals surface area (Å²) in [5.74, 6) is 0.491. The van der Waals surface area contributed by atoms with Gasteiger partial charge in [0.1, 0.15) is 28.6 Å². The van der Waals surface area contributed by atoms with Crippen LogP contribution in [0.25, 0.3) is 39.3 Å². The van der Waals surface area contributed by atoms with Gasteiger partial charge in [-0.15, -0.1) is 0 Å². The number of furan rings is 1. The number of fused-ring (bicyclic) bond motifs is 1. The summed E-state index contributed by atoms with van der Waals surface area (Å²) in [6.45, 7) is 2.02. The van der Waals surface area contributed by atoms with Gasteiger partial charge in [0, 0.05) is 48.5 Å². The second-order valence-electron chi connectivity index (χ2n) is 11.4. The molecule has 6 nitrogen and oxygen atoms in total. The molecule has 0 radical (unpaired) electrons. The van der Waals surface area contributed by atoms with E-state index in [4.69, 9.17) is 10.2 Å². The lowest BCUT2D eigenvalue weighted by molar-refractivity contribution is -0.114. The van der Waals surface area contributed by atoms with Gasteiger partial charge in [-0.1, -0.05) is 24.3 Å². The van der Waals surface area contributed by atoms with Gasteiger partial charge in [-0.25, -0.2) is 13.8 Å². The van der Waals surface area contributed by atoms with Gasteiger partial charge in [0.25, 0.3) is 5.91 Å². The molecule has 1 atom stereocenters. The predicted molar refractivity (Wildman–Crippen MR) is 168 cm³/mol. The van der Waals surface area contributed by atoms with Crippen LogP contribution in [0.15, 0.2) is 95.6 Å². The molecule has 2 aromatic heterocycles. The maximum absolute atomic E-state index is 14.3. The summed E-state index contributed by atoms with van der Waals surface area (Å²) in [6.07, 6.45) is 5.82. The van der Waals surface area contributed by atoms with Crippen molar-refractivity contribution in [3.05, 3.63) is 114 Å². The summed E-state index contributed by atoms with van der Waals surface area (Å²) < 4.78 is 34.3. The Hall–Kier alpha value is -5.11. The SMILES string of the molecule is C[C@]1(F)CCN(C(=O)c2ccc(-c3cc(-c4ccc(F)cc4)c4oc(CCC(=O)/C=C/c5ccc(N)nc5)cc4c3)cc2)C1. The quantitative estimate of drug-likeness (QED) is 0.187. The van der Waals surface area contributed by atoms with Crippen LogP contribution in [0.2, 0.25) is 0 Å². The van der Waals surface area contributed by atoms with Gasteiger partial charge in [-0.05, 0) is 95.9 Å². The first kappa shape index (κ1) is 29.0. The molecule has 44 heavy (non-hydrogen) atoms. The number of hydrogen-bond acceptors (Lipinski definition) is 5. The van der Waals surface area contributed by atoms with Gasteiger partial charge in [-0.3, -0.25) is 9.59 Å². The molecule has 222 valence electrons. The van der Waals surface area contributed by atoms with E-state index in [1.807, 2.05) is 30.3 Å². The fourth-order valence-corrected chi connectivity index (χ4v) is 5.46. The fraction of sp³-hybridized carbons (Fsp3) is 0.194. The number of pyridine rings is 1. The minimum absolute atomic E-state index is 0.0542. The molecule has 1 saturated heterocycles. The zero-order valence-corrected chi connectivity index (χ0v) is 24.2. The summed E-state index contributed by atoms with van der Waals surface area (Å²) in [5.41, 5.74) is 9.51. The van der Waals surface area contributed by atoms with Crippen LogP contribution in [0.1, 0.15) is 41.4 Å². The second kappa shape index (κ2) is 11.9. The van der Waals surface area contributed by atoms with E-state index in [0.717, 1.165) is 33.2 Å². The summed E-state index contributed by atoms with van der Waals surface area (Å²) in [6, 6.07) is 22.8. The van der Waals surface area contributed by atoms with Crippen molar-refractivity contribution in [2.45, 2.75) is 31.9 Å². The zero-order chi connectivity index (χ0) is 30.8. The normalized spacial score (nSPS) is 16.7. The Labute approximate surface area is 253 Å². The van der Waals surface area contributed by atoms with E-state index in [1.165, 1.54) is 25.1 Å². The topological polar surface area (TPSA) is 89.4 Å². The summed E-state index contributed by atoms with van der Waals surface area (Å²) in [5, 5.41) is 0.840. The molecule has 6 rings (SSSR count). The predicted octanol–water partition coefficient (Wildman–Crippen LogP) is 7.67. The molecule has 1 amide bonds. The first-order valence-corrected chi connectivity index (χ1v) is 14.5. The molecule has 0 bridgehead atoms. The highest BCUT2D eigenvalue weighted by Crippen LogP contribution is 2.37. The average molecular weight is 592 g/mol. The number of rotatable bonds is 8. The van der Waals surface area contributed by atoms with Gasteiger partial charge in [0.2, 0.25) is 0 Å². The van der Waals surface area contributed by atoms with Gasteiger partial charge >= 0.3 is 0 Å². The van der Waals surface area contributed by atoms with Gasteiger partial charge in [0.05, 0.1) is 6.54 Å². The first-order valence-electron chi connectivity index (χ1n) is 14.5. The number of nitrogens with zero attached hydrogens (tertiary/aromatic N) is 2. The maximum Gasteiger partial charge on any atom is 0.253 e. The Bertz CT molecular complexity index is 1860. The highest BCUT2D eigenvalue weighted by Gasteiger charge is 2.36. The lowest BCUT2D eigenvalue weighted by atomic mass is 9.96. The molecule has 3 aromatic carbocycles. The van der Waals surface area contributed by atoms with Crippen LogP contribution >= 0.6 is 0 Å². The summed E-state index contributed by atoms with van der Waals surface area (Å²) in [7, 11) is 0. The van der Waals surface area contributed by atoms with E-state index in [9.17, 15) is 18.4 Å². The Morgan fingerprint density at radius 2 is 1.75 bits per heavy atom. The number of benzene rings is 3. The third-order valence-electron chi connectivity index (χ3n) is 7.89. The van der Waals surface area contributed by atoms with Crippen molar-refractivity contribution in [3.63, 3.8) is 0 Å². The van der Waals surface area contributed by atoms with E-state index >= 15 is 0 Å². The van der Waals surface area contributed by atoms with Crippen LogP contribution in [0.4, 0.5) is 14.6 Å². The van der Waals surface area contributed by atoms with E-state index in [2.05, 4.69) is 4.98 Å². The van der Waals surface area contributed by atoms with Crippen LogP contribution in [0, 0.1) is 5.82 Å². The molecule has 1 aliphatic heterocycles. The van der Waals surface area contributed by atoms with Gasteiger partial charge in [-0.2, -0.15) is 0 Å². The Balaban J connectivity index is 1.26. The minimum atomic E-state index is -1.36. The molecule has 0 saturated carbocycles. The van der Waals surface area contributed by atoms with Crippen molar-refractivity contribution in [3.8, 4) is 22.3 Å². The fourth-order valence-electron chi connectivity index (χ4n) is 5.46. The zero-order valence-electron chi connectivity index (χ0n) is 24.2. The number of carbonyl (C=O) groups excluding carboxylic acids is 2. The van der Waals surface area contributed by atoms with Crippen LogP contribution in [-0.4, -0.2) is 40.3 Å². The molecule has 3 heterocycles. The Kier molecular flexibility index (Phi) is 7.82. The molecule has 8 heteroatoms. The average Bonchev–Trinajstić information content (AvgIpc) is 3.61. The van der Waals surface area contributed by atoms with Crippen LogP contribution in [0.3, 0.4) is 0 Å². The lowest BCUT2D eigenvalue weighted by Gasteiger charge is -2.17. The second-order valence-corrected chi connectivity index (χ2v) is 11.4.